The number of nitrogens with two attached hydrogens (primary N) is 1. The third kappa shape index (κ3) is 14.5. The SMILES string of the molecule is COC(=O)[C@H](C)N.COC(=O)[C@H](C)NC(=O)c1cc(Cl)nc(Cl)n1.Cl.O=C(Cl)c1cc(Cl)nc(Cl)n1. The Balaban J connectivity index is 0. The molecule has 0 fully saturated rings. The van der Waals surface area contributed by atoms with Crippen LogP contribution in [0.25, 0.3) is 0 Å². The van der Waals surface area contributed by atoms with Gasteiger partial charge in [0.05, 0.1) is 14.2 Å². The number of amides is 1. The summed E-state index contributed by atoms with van der Waals surface area (Å²) in [5, 5.41) is 1.56. The van der Waals surface area contributed by atoms with E-state index in [0.29, 0.717) is 0 Å². The minimum Gasteiger partial charge on any atom is -0.468 e. The standard InChI is InChI=1S/C9H9Cl2N3O3.C5HCl3N2O.C4H9NO2.ClH/c1-4(8(16)17-2)12-7(15)5-3-6(10)14-9(11)13-5;6-3-1-2(4(7)11)9-5(8)10-3;1-3(5)4(6)7-2;/h3-4H,1-2H3,(H,12,15);1H;3H,5H2,1-2H3;1H/t4-;;3-;/m0.0./s1. The van der Waals surface area contributed by atoms with Crippen molar-refractivity contribution in [2.45, 2.75) is 25.9 Å². The lowest BCUT2D eigenvalue weighted by Crippen LogP contribution is -2.39. The van der Waals surface area contributed by atoms with E-state index in [-0.39, 0.29) is 50.6 Å². The van der Waals surface area contributed by atoms with Crippen molar-refractivity contribution in [3.63, 3.8) is 0 Å². The second-order valence-electron chi connectivity index (χ2n) is 5.99. The van der Waals surface area contributed by atoms with Gasteiger partial charge < -0.3 is 20.5 Å². The van der Waals surface area contributed by atoms with Crippen LogP contribution in [0.3, 0.4) is 0 Å². The summed E-state index contributed by atoms with van der Waals surface area (Å²) in [5.74, 6) is -1.53. The zero-order chi connectivity index (χ0) is 27.3. The van der Waals surface area contributed by atoms with Gasteiger partial charge in [-0.2, -0.15) is 0 Å². The molecule has 0 bridgehead atoms. The molecule has 0 aromatic carbocycles. The van der Waals surface area contributed by atoms with Crippen LogP contribution in [0.15, 0.2) is 12.1 Å². The summed E-state index contributed by atoms with van der Waals surface area (Å²) >= 11 is 27.1. The van der Waals surface area contributed by atoms with Gasteiger partial charge in [0, 0.05) is 12.1 Å². The van der Waals surface area contributed by atoms with Crippen molar-refractivity contribution in [2.75, 3.05) is 14.2 Å². The Morgan fingerprint density at radius 2 is 1.25 bits per heavy atom. The Kier molecular flexibility index (Phi) is 18.3. The van der Waals surface area contributed by atoms with Crippen molar-refractivity contribution in [3.8, 4) is 0 Å². The lowest BCUT2D eigenvalue weighted by Gasteiger charge is -2.10. The zero-order valence-corrected chi connectivity index (χ0v) is 23.5. The minimum absolute atomic E-state index is 0. The average molecular weight is 629 g/mol. The Labute approximate surface area is 236 Å². The number of ether oxygens (including phenoxy) is 2. The Bertz CT molecular complexity index is 1020. The molecule has 2 aromatic heterocycles. The van der Waals surface area contributed by atoms with Crippen molar-refractivity contribution < 1.29 is 28.7 Å². The van der Waals surface area contributed by atoms with Crippen LogP contribution in [0, 0.1) is 0 Å². The van der Waals surface area contributed by atoms with Crippen LogP contribution in [-0.4, -0.2) is 69.3 Å². The van der Waals surface area contributed by atoms with Crippen molar-refractivity contribution in [1.29, 1.82) is 0 Å². The molecule has 0 saturated heterocycles. The summed E-state index contributed by atoms with van der Waals surface area (Å²) in [7, 11) is 2.54. The van der Waals surface area contributed by atoms with Crippen LogP contribution in [-0.2, 0) is 19.1 Å². The third-order valence-electron chi connectivity index (χ3n) is 3.24. The predicted molar refractivity (Wildman–Crippen MR) is 136 cm³/mol. The van der Waals surface area contributed by atoms with Crippen LogP contribution < -0.4 is 11.1 Å². The molecule has 12 nitrogen and oxygen atoms in total. The molecular weight excluding hydrogens is 609 g/mol. The van der Waals surface area contributed by atoms with Gasteiger partial charge in [0.25, 0.3) is 11.1 Å². The van der Waals surface area contributed by atoms with Crippen molar-refractivity contribution in [2.24, 2.45) is 5.73 Å². The predicted octanol–water partition coefficient (Wildman–Crippen LogP) is 3.17. The first-order chi connectivity index (χ1) is 16.2. The number of esters is 2. The number of aromatic nitrogens is 4. The fraction of sp³-hybridized carbons (Fsp3) is 0.333. The van der Waals surface area contributed by atoms with E-state index in [0.717, 1.165) is 0 Å². The van der Waals surface area contributed by atoms with Crippen LogP contribution >= 0.6 is 70.4 Å². The zero-order valence-electron chi connectivity index (χ0n) is 18.9. The Morgan fingerprint density at radius 1 is 0.833 bits per heavy atom. The van der Waals surface area contributed by atoms with Gasteiger partial charge in [-0.1, -0.05) is 23.2 Å². The van der Waals surface area contributed by atoms with Gasteiger partial charge in [-0.3, -0.25) is 14.4 Å². The largest absolute Gasteiger partial charge is 0.468 e. The fourth-order valence-electron chi connectivity index (χ4n) is 1.69. The van der Waals surface area contributed by atoms with Gasteiger partial charge in [-0.05, 0) is 48.7 Å². The lowest BCUT2D eigenvalue weighted by molar-refractivity contribution is -0.142. The highest BCUT2D eigenvalue weighted by Gasteiger charge is 2.18. The molecule has 0 aliphatic rings. The molecule has 0 spiro atoms. The van der Waals surface area contributed by atoms with Crippen LogP contribution in [0.4, 0.5) is 0 Å². The molecule has 0 saturated carbocycles. The first-order valence-corrected chi connectivity index (χ1v) is 10.9. The van der Waals surface area contributed by atoms with E-state index >= 15 is 0 Å². The molecule has 1 amide bonds. The van der Waals surface area contributed by atoms with E-state index in [1.165, 1.54) is 33.3 Å². The number of carbonyl (C=O) groups excluding carboxylic acids is 4. The average Bonchev–Trinajstić information content (AvgIpc) is 2.77. The number of rotatable bonds is 5. The fourth-order valence-corrected chi connectivity index (χ4v) is 2.60. The quantitative estimate of drug-likeness (QED) is 0.215. The number of hydrogen-bond donors (Lipinski definition) is 2. The smallest absolute Gasteiger partial charge is 0.328 e. The van der Waals surface area contributed by atoms with E-state index in [1.807, 2.05) is 0 Å². The summed E-state index contributed by atoms with van der Waals surface area (Å²) < 4.78 is 8.71. The molecule has 3 N–H and O–H groups in total. The molecule has 18 heteroatoms. The molecule has 0 unspecified atom stereocenters. The Hall–Kier alpha value is -2.06. The van der Waals surface area contributed by atoms with Crippen molar-refractivity contribution >= 4 is 93.5 Å². The van der Waals surface area contributed by atoms with E-state index < -0.39 is 29.2 Å². The molecule has 36 heavy (non-hydrogen) atoms. The normalized spacial score (nSPS) is 11.1. The van der Waals surface area contributed by atoms with E-state index in [1.54, 1.807) is 6.92 Å². The number of carbonyl (C=O) groups is 4. The maximum atomic E-state index is 11.7. The van der Waals surface area contributed by atoms with Gasteiger partial charge in [0.15, 0.2) is 0 Å². The van der Waals surface area contributed by atoms with Gasteiger partial charge in [-0.15, -0.1) is 12.4 Å². The topological polar surface area (TPSA) is 176 Å². The first-order valence-electron chi connectivity index (χ1n) is 9.03. The molecule has 2 rings (SSSR count). The molecule has 0 aliphatic carbocycles. The summed E-state index contributed by atoms with van der Waals surface area (Å²) in [4.78, 5) is 57.7. The van der Waals surface area contributed by atoms with Gasteiger partial charge in [0.1, 0.15) is 33.8 Å². The number of nitrogens with zero attached hydrogens (tertiary/aromatic N) is 4. The molecule has 0 aliphatic heterocycles. The van der Waals surface area contributed by atoms with Crippen LogP contribution in [0.1, 0.15) is 34.8 Å². The van der Waals surface area contributed by atoms with Gasteiger partial charge in [-0.25, -0.2) is 24.7 Å². The van der Waals surface area contributed by atoms with Gasteiger partial charge in [0.2, 0.25) is 10.6 Å². The summed E-state index contributed by atoms with van der Waals surface area (Å²) in [6.45, 7) is 3.06. The molecule has 2 atom stereocenters. The van der Waals surface area contributed by atoms with Crippen molar-refractivity contribution in [3.05, 3.63) is 44.4 Å². The molecule has 2 heterocycles. The van der Waals surface area contributed by atoms with Crippen LogP contribution in [0.2, 0.25) is 20.9 Å². The third-order valence-corrected chi connectivity index (χ3v) is 4.16. The van der Waals surface area contributed by atoms with E-state index in [4.69, 9.17) is 63.7 Å². The summed E-state index contributed by atoms with van der Waals surface area (Å²) in [6.07, 6.45) is 0. The number of methoxy groups -OCH3 is 2. The van der Waals surface area contributed by atoms with E-state index in [9.17, 15) is 19.2 Å². The highest BCUT2D eigenvalue weighted by molar-refractivity contribution is 6.67. The maximum absolute atomic E-state index is 11.7. The van der Waals surface area contributed by atoms with Gasteiger partial charge >= 0.3 is 11.9 Å². The number of nitrogens with one attached hydrogen (secondary N) is 1. The van der Waals surface area contributed by atoms with Crippen molar-refractivity contribution in [1.82, 2.24) is 25.3 Å². The second kappa shape index (κ2) is 18.2. The molecular formula is C18H20Cl6N6O6. The van der Waals surface area contributed by atoms with Crippen LogP contribution in [0.5, 0.6) is 0 Å². The minimum atomic E-state index is -0.792. The summed E-state index contributed by atoms with van der Waals surface area (Å²) in [6, 6.07) is 1.19. The lowest BCUT2D eigenvalue weighted by atomic mass is 10.3. The number of halogens is 6. The number of hydrogen-bond acceptors (Lipinski definition) is 11. The summed E-state index contributed by atoms with van der Waals surface area (Å²) in [5.41, 5.74) is 5.05. The monoisotopic (exact) mass is 626 g/mol. The van der Waals surface area contributed by atoms with E-state index in [2.05, 4.69) is 34.7 Å². The Morgan fingerprint density at radius 3 is 1.58 bits per heavy atom. The maximum Gasteiger partial charge on any atom is 0.328 e. The first kappa shape index (κ1) is 36.1. The highest BCUT2D eigenvalue weighted by Crippen LogP contribution is 2.12. The molecule has 200 valence electrons. The molecule has 2 aromatic rings. The highest BCUT2D eigenvalue weighted by atomic mass is 35.5. The second-order valence-corrected chi connectivity index (χ2v) is 7.79. The molecule has 0 radical (unpaired) electrons.